The first-order chi connectivity index (χ1) is 10.6. The maximum atomic E-state index is 12.0. The van der Waals surface area contributed by atoms with Gasteiger partial charge in [-0.05, 0) is 30.0 Å². The van der Waals surface area contributed by atoms with Gasteiger partial charge in [0.1, 0.15) is 6.10 Å². The van der Waals surface area contributed by atoms with Gasteiger partial charge in [0.05, 0.1) is 0 Å². The first-order valence-electron chi connectivity index (χ1n) is 8.02. The monoisotopic (exact) mass is 368 g/mol. The Hall–Kier alpha value is -0.910. The number of carbonyl (C=O) groups excluding carboxylic acids is 1. The van der Waals surface area contributed by atoms with Crippen LogP contribution < -0.4 is 11.1 Å². The van der Waals surface area contributed by atoms with Crippen LogP contribution in [0.1, 0.15) is 44.1 Å². The van der Waals surface area contributed by atoms with Gasteiger partial charge >= 0.3 is 0 Å². The summed E-state index contributed by atoms with van der Waals surface area (Å²) >= 11 is 3.37. The number of aliphatic hydroxyl groups is 1. The summed E-state index contributed by atoms with van der Waals surface area (Å²) in [5, 5.41) is 12.8. The van der Waals surface area contributed by atoms with E-state index in [0.29, 0.717) is 12.5 Å². The highest BCUT2D eigenvalue weighted by Crippen LogP contribution is 2.27. The van der Waals surface area contributed by atoms with Crippen LogP contribution in [0.2, 0.25) is 0 Å². The molecule has 122 valence electrons. The SMILES string of the molecule is N[C@H](CC1CCCCC1)C(O)C(=O)NCc1ccc(Br)cc1. The third-order valence-corrected chi connectivity index (χ3v) is 4.91. The fourth-order valence-corrected chi connectivity index (χ4v) is 3.29. The smallest absolute Gasteiger partial charge is 0.250 e. The fourth-order valence-electron chi connectivity index (χ4n) is 3.03. The summed E-state index contributed by atoms with van der Waals surface area (Å²) < 4.78 is 0.997. The molecule has 1 aromatic carbocycles. The molecule has 1 aliphatic rings. The van der Waals surface area contributed by atoms with Crippen molar-refractivity contribution in [1.29, 1.82) is 0 Å². The number of hydrogen-bond donors (Lipinski definition) is 3. The van der Waals surface area contributed by atoms with Gasteiger partial charge in [-0.3, -0.25) is 4.79 Å². The summed E-state index contributed by atoms with van der Waals surface area (Å²) in [5.41, 5.74) is 7.01. The number of hydrogen-bond acceptors (Lipinski definition) is 3. The first-order valence-corrected chi connectivity index (χ1v) is 8.81. The summed E-state index contributed by atoms with van der Waals surface area (Å²) in [5.74, 6) is 0.170. The van der Waals surface area contributed by atoms with E-state index in [-0.39, 0.29) is 5.91 Å². The Morgan fingerprint density at radius 2 is 1.91 bits per heavy atom. The average molecular weight is 369 g/mol. The molecule has 0 saturated heterocycles. The summed E-state index contributed by atoms with van der Waals surface area (Å²) in [6.45, 7) is 0.402. The van der Waals surface area contributed by atoms with Gasteiger partial charge in [-0.2, -0.15) is 0 Å². The Balaban J connectivity index is 1.76. The van der Waals surface area contributed by atoms with Crippen LogP contribution in [0.3, 0.4) is 0 Å². The highest BCUT2D eigenvalue weighted by atomic mass is 79.9. The molecule has 1 saturated carbocycles. The van der Waals surface area contributed by atoms with Crippen molar-refractivity contribution in [1.82, 2.24) is 5.32 Å². The Morgan fingerprint density at radius 1 is 1.27 bits per heavy atom. The van der Waals surface area contributed by atoms with Crippen LogP contribution in [0.15, 0.2) is 28.7 Å². The lowest BCUT2D eigenvalue weighted by molar-refractivity contribution is -0.130. The molecule has 22 heavy (non-hydrogen) atoms. The number of aliphatic hydroxyl groups excluding tert-OH is 1. The van der Waals surface area contributed by atoms with Crippen LogP contribution in [-0.4, -0.2) is 23.2 Å². The molecule has 0 spiro atoms. The molecule has 1 amide bonds. The number of amides is 1. The zero-order chi connectivity index (χ0) is 15.9. The van der Waals surface area contributed by atoms with Gasteiger partial charge < -0.3 is 16.2 Å². The van der Waals surface area contributed by atoms with Crippen molar-refractivity contribution < 1.29 is 9.90 Å². The van der Waals surface area contributed by atoms with Crippen LogP contribution in [0.25, 0.3) is 0 Å². The van der Waals surface area contributed by atoms with E-state index < -0.39 is 12.1 Å². The van der Waals surface area contributed by atoms with Crippen molar-refractivity contribution in [2.24, 2.45) is 11.7 Å². The summed E-state index contributed by atoms with van der Waals surface area (Å²) in [6, 6.07) is 7.23. The number of halogens is 1. The van der Waals surface area contributed by atoms with Gasteiger partial charge in [0, 0.05) is 17.1 Å². The molecule has 0 aliphatic heterocycles. The molecular weight excluding hydrogens is 344 g/mol. The lowest BCUT2D eigenvalue weighted by atomic mass is 9.84. The third-order valence-electron chi connectivity index (χ3n) is 4.38. The maximum absolute atomic E-state index is 12.0. The van der Waals surface area contributed by atoms with E-state index in [9.17, 15) is 9.90 Å². The van der Waals surface area contributed by atoms with Crippen LogP contribution in [-0.2, 0) is 11.3 Å². The Bertz CT molecular complexity index is 472. The van der Waals surface area contributed by atoms with E-state index in [1.54, 1.807) is 0 Å². The molecule has 4 nitrogen and oxygen atoms in total. The Labute approximate surface area is 140 Å². The van der Waals surface area contributed by atoms with Crippen LogP contribution in [0.4, 0.5) is 0 Å². The van der Waals surface area contributed by atoms with Crippen molar-refractivity contribution in [3.63, 3.8) is 0 Å². The second kappa shape index (κ2) is 8.65. The largest absolute Gasteiger partial charge is 0.382 e. The van der Waals surface area contributed by atoms with Crippen molar-refractivity contribution >= 4 is 21.8 Å². The summed E-state index contributed by atoms with van der Waals surface area (Å²) in [6.07, 6.45) is 5.71. The summed E-state index contributed by atoms with van der Waals surface area (Å²) in [7, 11) is 0. The zero-order valence-corrected chi connectivity index (χ0v) is 14.4. The van der Waals surface area contributed by atoms with Gasteiger partial charge in [-0.15, -0.1) is 0 Å². The second-order valence-corrected chi connectivity index (χ2v) is 7.11. The molecule has 0 bridgehead atoms. The van der Waals surface area contributed by atoms with Gasteiger partial charge in [-0.25, -0.2) is 0 Å². The number of nitrogens with two attached hydrogens (primary N) is 1. The van der Waals surface area contributed by atoms with E-state index >= 15 is 0 Å². The number of carbonyl (C=O) groups is 1. The highest BCUT2D eigenvalue weighted by Gasteiger charge is 2.26. The quantitative estimate of drug-likeness (QED) is 0.722. The molecule has 2 rings (SSSR count). The molecule has 4 N–H and O–H groups in total. The van der Waals surface area contributed by atoms with Gasteiger partial charge in [-0.1, -0.05) is 60.2 Å². The molecule has 1 unspecified atom stereocenters. The molecule has 1 aromatic rings. The van der Waals surface area contributed by atoms with E-state index in [2.05, 4.69) is 21.2 Å². The molecule has 1 aliphatic carbocycles. The minimum atomic E-state index is -1.13. The predicted molar refractivity (Wildman–Crippen MR) is 91.2 cm³/mol. The molecule has 1 fully saturated rings. The van der Waals surface area contributed by atoms with Gasteiger partial charge in [0.25, 0.3) is 5.91 Å². The number of benzene rings is 1. The maximum Gasteiger partial charge on any atom is 0.250 e. The normalized spacial score (nSPS) is 18.7. The summed E-state index contributed by atoms with van der Waals surface area (Å²) in [4.78, 5) is 12.0. The van der Waals surface area contributed by atoms with E-state index in [0.717, 1.165) is 16.5 Å². The molecule has 2 atom stereocenters. The fraction of sp³-hybridized carbons (Fsp3) is 0.588. The predicted octanol–water partition coefficient (Wildman–Crippen LogP) is 2.72. The molecule has 0 heterocycles. The lowest BCUT2D eigenvalue weighted by Crippen LogP contribution is -2.47. The third kappa shape index (κ3) is 5.38. The molecule has 5 heteroatoms. The van der Waals surface area contributed by atoms with Crippen molar-refractivity contribution in [3.8, 4) is 0 Å². The van der Waals surface area contributed by atoms with Gasteiger partial charge in [0.15, 0.2) is 0 Å². The van der Waals surface area contributed by atoms with Crippen LogP contribution in [0, 0.1) is 5.92 Å². The second-order valence-electron chi connectivity index (χ2n) is 6.19. The standard InChI is InChI=1S/C17H25BrN2O2/c18-14-8-6-13(7-9-14)11-20-17(22)16(21)15(19)10-12-4-2-1-3-5-12/h6-9,12,15-16,21H,1-5,10-11,19H2,(H,20,22)/t15-,16?/m1/s1. The minimum absolute atomic E-state index is 0.383. The average Bonchev–Trinajstić information content (AvgIpc) is 2.54. The van der Waals surface area contributed by atoms with E-state index in [1.165, 1.54) is 32.1 Å². The Morgan fingerprint density at radius 3 is 2.55 bits per heavy atom. The topological polar surface area (TPSA) is 75.3 Å². The van der Waals surface area contributed by atoms with Crippen LogP contribution >= 0.6 is 15.9 Å². The first kappa shape index (κ1) is 17.4. The van der Waals surface area contributed by atoms with Crippen molar-refractivity contribution in [3.05, 3.63) is 34.3 Å². The highest BCUT2D eigenvalue weighted by molar-refractivity contribution is 9.10. The zero-order valence-electron chi connectivity index (χ0n) is 12.8. The van der Waals surface area contributed by atoms with Crippen molar-refractivity contribution in [2.75, 3.05) is 0 Å². The Kier molecular flexibility index (Phi) is 6.86. The van der Waals surface area contributed by atoms with Crippen molar-refractivity contribution in [2.45, 2.75) is 57.2 Å². The van der Waals surface area contributed by atoms with Gasteiger partial charge in [0.2, 0.25) is 0 Å². The molecule has 0 radical (unpaired) electrons. The number of nitrogens with one attached hydrogen (secondary N) is 1. The van der Waals surface area contributed by atoms with E-state index in [1.807, 2.05) is 24.3 Å². The minimum Gasteiger partial charge on any atom is -0.382 e. The molecule has 0 aromatic heterocycles. The van der Waals surface area contributed by atoms with E-state index in [4.69, 9.17) is 5.73 Å². The number of rotatable bonds is 6. The molecular formula is C17H25BrN2O2. The van der Waals surface area contributed by atoms with Crippen LogP contribution in [0.5, 0.6) is 0 Å². The lowest BCUT2D eigenvalue weighted by Gasteiger charge is -2.26.